The van der Waals surface area contributed by atoms with Crippen LogP contribution in [-0.2, 0) is 4.79 Å². The molecule has 7 heteroatoms. The first-order valence-electron chi connectivity index (χ1n) is 11.1. The first kappa shape index (κ1) is 23.7. The highest BCUT2D eigenvalue weighted by molar-refractivity contribution is 5.70. The summed E-state index contributed by atoms with van der Waals surface area (Å²) < 4.78 is 23.1. The molecular formula is C25H33NO6. The van der Waals surface area contributed by atoms with Crippen LogP contribution in [0.4, 0.5) is 0 Å². The average Bonchev–Trinajstić information content (AvgIpc) is 2.81. The predicted molar refractivity (Wildman–Crippen MR) is 122 cm³/mol. The second-order valence-electron chi connectivity index (χ2n) is 7.72. The molecule has 2 aromatic carbocycles. The fraction of sp³-hybridized carbons (Fsp3) is 0.480. The van der Waals surface area contributed by atoms with Crippen LogP contribution in [0.2, 0.25) is 0 Å². The fourth-order valence-electron chi connectivity index (χ4n) is 4.39. The zero-order chi connectivity index (χ0) is 23.1. The van der Waals surface area contributed by atoms with Crippen molar-refractivity contribution in [3.8, 4) is 23.0 Å². The summed E-state index contributed by atoms with van der Waals surface area (Å²) in [7, 11) is 3.27. The number of hydrogen-bond donors (Lipinski definition) is 1. The number of methoxy groups -OCH3 is 2. The Labute approximate surface area is 189 Å². The van der Waals surface area contributed by atoms with Gasteiger partial charge in [-0.05, 0) is 63.1 Å². The van der Waals surface area contributed by atoms with Gasteiger partial charge >= 0.3 is 5.97 Å². The van der Waals surface area contributed by atoms with Gasteiger partial charge in [-0.1, -0.05) is 12.1 Å². The third kappa shape index (κ3) is 5.10. The van der Waals surface area contributed by atoms with Gasteiger partial charge in [-0.2, -0.15) is 0 Å². The summed E-state index contributed by atoms with van der Waals surface area (Å²) in [5, 5.41) is 9.68. The van der Waals surface area contributed by atoms with Gasteiger partial charge in [0.1, 0.15) is 11.5 Å². The molecule has 0 aromatic heterocycles. The zero-order valence-electron chi connectivity index (χ0n) is 19.3. The lowest BCUT2D eigenvalue weighted by Crippen LogP contribution is -2.41. The summed E-state index contributed by atoms with van der Waals surface area (Å²) in [5.74, 6) is 1.56. The molecule has 174 valence electrons. The Balaban J connectivity index is 2.16. The average molecular weight is 444 g/mol. The molecule has 0 saturated carbocycles. The van der Waals surface area contributed by atoms with Gasteiger partial charge in [0.25, 0.3) is 0 Å². The molecule has 1 aliphatic heterocycles. The van der Waals surface area contributed by atoms with E-state index >= 15 is 0 Å². The number of ether oxygens (including phenoxy) is 4. The van der Waals surface area contributed by atoms with Crippen LogP contribution in [0, 0.1) is 5.92 Å². The number of carboxylic acid groups (broad SMARTS) is 1. The summed E-state index contributed by atoms with van der Waals surface area (Å²) in [6, 6.07) is 11.3. The summed E-state index contributed by atoms with van der Waals surface area (Å²) in [5.41, 5.74) is 1.83. The van der Waals surface area contributed by atoms with Crippen molar-refractivity contribution in [3.63, 3.8) is 0 Å². The first-order chi connectivity index (χ1) is 15.5. The molecule has 2 atom stereocenters. The van der Waals surface area contributed by atoms with Gasteiger partial charge in [0.05, 0.1) is 45.0 Å². The van der Waals surface area contributed by atoms with Gasteiger partial charge in [-0.15, -0.1) is 0 Å². The third-order valence-electron chi connectivity index (χ3n) is 5.79. The van der Waals surface area contributed by atoms with Crippen LogP contribution in [0.5, 0.6) is 23.0 Å². The van der Waals surface area contributed by atoms with Gasteiger partial charge in [-0.25, -0.2) is 0 Å². The number of hydrogen-bond acceptors (Lipinski definition) is 6. The Morgan fingerprint density at radius 2 is 1.69 bits per heavy atom. The second-order valence-corrected chi connectivity index (χ2v) is 7.72. The molecule has 0 bridgehead atoms. The Hall–Kier alpha value is -2.93. The molecule has 0 spiro atoms. The standard InChI is InChI=1S/C25H33NO6/c1-5-31-19-13-12-17(15-22(19)32-6-2)24(26-14-8-9-18(16-26)25(27)28)23-20(29-3)10-7-11-21(23)30-4/h7,10-13,15,18,24H,5-6,8-9,14,16H2,1-4H3,(H,27,28). The lowest BCUT2D eigenvalue weighted by Gasteiger charge is -2.38. The monoisotopic (exact) mass is 443 g/mol. The van der Waals surface area contributed by atoms with Crippen LogP contribution < -0.4 is 18.9 Å². The van der Waals surface area contributed by atoms with Gasteiger partial charge in [-0.3, -0.25) is 9.69 Å². The summed E-state index contributed by atoms with van der Waals surface area (Å²) >= 11 is 0. The Kier molecular flexibility index (Phi) is 8.22. The minimum atomic E-state index is -0.762. The molecule has 2 unspecified atom stereocenters. The highest BCUT2D eigenvalue weighted by Crippen LogP contribution is 2.44. The highest BCUT2D eigenvalue weighted by Gasteiger charge is 2.34. The fourth-order valence-corrected chi connectivity index (χ4v) is 4.39. The maximum absolute atomic E-state index is 11.8. The number of likely N-dealkylation sites (tertiary alicyclic amines) is 1. The van der Waals surface area contributed by atoms with E-state index in [-0.39, 0.29) is 6.04 Å². The molecule has 1 aliphatic rings. The maximum atomic E-state index is 11.8. The largest absolute Gasteiger partial charge is 0.496 e. The van der Waals surface area contributed by atoms with Crippen molar-refractivity contribution >= 4 is 5.97 Å². The van der Waals surface area contributed by atoms with Gasteiger partial charge in [0.2, 0.25) is 0 Å². The zero-order valence-corrected chi connectivity index (χ0v) is 19.3. The number of carbonyl (C=O) groups is 1. The quantitative estimate of drug-likeness (QED) is 0.584. The van der Waals surface area contributed by atoms with E-state index in [9.17, 15) is 9.90 Å². The molecule has 0 radical (unpaired) electrons. The van der Waals surface area contributed by atoms with Crippen LogP contribution in [0.1, 0.15) is 43.9 Å². The molecule has 0 amide bonds. The second kappa shape index (κ2) is 11.1. The van der Waals surface area contributed by atoms with Crippen molar-refractivity contribution in [1.82, 2.24) is 4.90 Å². The lowest BCUT2D eigenvalue weighted by molar-refractivity contribution is -0.143. The van der Waals surface area contributed by atoms with Crippen LogP contribution in [0.15, 0.2) is 36.4 Å². The van der Waals surface area contributed by atoms with Crippen LogP contribution in [-0.4, -0.2) is 56.5 Å². The van der Waals surface area contributed by atoms with E-state index < -0.39 is 11.9 Å². The summed E-state index contributed by atoms with van der Waals surface area (Å²) in [4.78, 5) is 14.0. The Bertz CT molecular complexity index is 893. The lowest BCUT2D eigenvalue weighted by atomic mass is 9.90. The normalized spacial score (nSPS) is 17.4. The summed E-state index contributed by atoms with van der Waals surface area (Å²) in [6.45, 7) is 6.13. The first-order valence-corrected chi connectivity index (χ1v) is 11.1. The van der Waals surface area contributed by atoms with Crippen molar-refractivity contribution in [2.75, 3.05) is 40.5 Å². The van der Waals surface area contributed by atoms with E-state index in [4.69, 9.17) is 18.9 Å². The Morgan fingerprint density at radius 3 is 2.28 bits per heavy atom. The van der Waals surface area contributed by atoms with E-state index in [0.717, 1.165) is 24.1 Å². The number of nitrogens with zero attached hydrogens (tertiary/aromatic N) is 1. The molecular weight excluding hydrogens is 410 g/mol. The van der Waals surface area contributed by atoms with Crippen molar-refractivity contribution < 1.29 is 28.8 Å². The van der Waals surface area contributed by atoms with Crippen LogP contribution in [0.25, 0.3) is 0 Å². The van der Waals surface area contributed by atoms with Crippen LogP contribution in [0.3, 0.4) is 0 Å². The van der Waals surface area contributed by atoms with Gasteiger partial charge in [0.15, 0.2) is 11.5 Å². The number of carboxylic acids is 1. The number of rotatable bonds is 10. The molecule has 7 nitrogen and oxygen atoms in total. The number of benzene rings is 2. The van der Waals surface area contributed by atoms with Crippen molar-refractivity contribution in [1.29, 1.82) is 0 Å². The minimum Gasteiger partial charge on any atom is -0.496 e. The summed E-state index contributed by atoms with van der Waals surface area (Å²) in [6.07, 6.45) is 1.48. The molecule has 1 saturated heterocycles. The molecule has 1 N–H and O–H groups in total. The van der Waals surface area contributed by atoms with Crippen LogP contribution >= 0.6 is 0 Å². The van der Waals surface area contributed by atoms with Crippen molar-refractivity contribution in [2.45, 2.75) is 32.7 Å². The predicted octanol–water partition coefficient (Wildman–Crippen LogP) is 4.39. The smallest absolute Gasteiger partial charge is 0.307 e. The Morgan fingerprint density at radius 1 is 1.03 bits per heavy atom. The maximum Gasteiger partial charge on any atom is 0.307 e. The molecule has 3 rings (SSSR count). The molecule has 0 aliphatic carbocycles. The van der Waals surface area contributed by atoms with E-state index in [0.29, 0.717) is 49.2 Å². The van der Waals surface area contributed by atoms with Crippen molar-refractivity contribution in [2.24, 2.45) is 5.92 Å². The van der Waals surface area contributed by atoms with E-state index in [1.54, 1.807) is 14.2 Å². The van der Waals surface area contributed by atoms with E-state index in [1.807, 2.05) is 50.2 Å². The minimum absolute atomic E-state index is 0.266. The molecule has 1 heterocycles. The van der Waals surface area contributed by atoms with Gasteiger partial charge < -0.3 is 24.1 Å². The highest BCUT2D eigenvalue weighted by atomic mass is 16.5. The molecule has 32 heavy (non-hydrogen) atoms. The topological polar surface area (TPSA) is 77.5 Å². The van der Waals surface area contributed by atoms with E-state index in [1.165, 1.54) is 0 Å². The molecule has 2 aromatic rings. The third-order valence-corrected chi connectivity index (χ3v) is 5.79. The SMILES string of the molecule is CCOc1ccc(C(c2c(OC)cccc2OC)N2CCCC(C(=O)O)C2)cc1OCC. The number of piperidine rings is 1. The van der Waals surface area contributed by atoms with Gasteiger partial charge in [0, 0.05) is 6.54 Å². The van der Waals surface area contributed by atoms with E-state index in [2.05, 4.69) is 4.90 Å². The molecule has 1 fully saturated rings. The van der Waals surface area contributed by atoms with Crippen molar-refractivity contribution in [3.05, 3.63) is 47.5 Å². The number of aliphatic carboxylic acids is 1.